The minimum Gasteiger partial charge on any atom is -0.453 e. The van der Waals surface area contributed by atoms with Crippen LogP contribution in [0, 0.1) is 0 Å². The lowest BCUT2D eigenvalue weighted by atomic mass is 9.78. The van der Waals surface area contributed by atoms with E-state index in [2.05, 4.69) is 42.1 Å². The van der Waals surface area contributed by atoms with Crippen LogP contribution in [0.25, 0.3) is 0 Å². The van der Waals surface area contributed by atoms with Gasteiger partial charge in [0.05, 0.1) is 32.3 Å². The molecule has 1 N–H and O–H groups in total. The standard InChI is InChI=1S/C30H52N2O4/c1-4-6-7-8-9-10-11-12-13-14-15-16-17-18-22-35-24-30(25-36-26-30)27-20-19-21-32(5-2)28(27)23-31-29(33)34-3/h19-21H,4-18,22-26H2,1-3H3/p+1. The van der Waals surface area contributed by atoms with Gasteiger partial charge in [0.1, 0.15) is 13.1 Å². The highest BCUT2D eigenvalue weighted by Gasteiger charge is 2.44. The molecule has 1 aromatic heterocycles. The number of aromatic nitrogens is 1. The Hall–Kier alpha value is -1.66. The van der Waals surface area contributed by atoms with E-state index in [1.165, 1.54) is 96.1 Å². The van der Waals surface area contributed by atoms with Gasteiger partial charge in [0.15, 0.2) is 6.20 Å². The highest BCUT2D eigenvalue weighted by Crippen LogP contribution is 2.34. The van der Waals surface area contributed by atoms with Crippen molar-refractivity contribution in [1.29, 1.82) is 0 Å². The molecule has 0 atom stereocenters. The lowest BCUT2D eigenvalue weighted by Crippen LogP contribution is -2.54. The summed E-state index contributed by atoms with van der Waals surface area (Å²) in [4.78, 5) is 11.7. The molecule has 0 bridgehead atoms. The molecule has 0 aliphatic carbocycles. The summed E-state index contributed by atoms with van der Waals surface area (Å²) in [6, 6.07) is 4.23. The van der Waals surface area contributed by atoms with Crippen molar-refractivity contribution in [1.82, 2.24) is 5.32 Å². The molecule has 1 fully saturated rings. The zero-order valence-electron chi connectivity index (χ0n) is 23.5. The van der Waals surface area contributed by atoms with Crippen molar-refractivity contribution < 1.29 is 23.6 Å². The quantitative estimate of drug-likeness (QED) is 0.151. The first-order chi connectivity index (χ1) is 17.7. The predicted octanol–water partition coefficient (Wildman–Crippen LogP) is 6.62. The summed E-state index contributed by atoms with van der Waals surface area (Å²) < 4.78 is 18.8. The number of ether oxygens (including phenoxy) is 3. The van der Waals surface area contributed by atoms with Gasteiger partial charge < -0.3 is 19.5 Å². The average molecular weight is 506 g/mol. The summed E-state index contributed by atoms with van der Waals surface area (Å²) in [5.41, 5.74) is 2.16. The third kappa shape index (κ3) is 10.8. The van der Waals surface area contributed by atoms with Crippen LogP contribution in [0.4, 0.5) is 4.79 Å². The third-order valence-corrected chi connectivity index (χ3v) is 7.46. The topological polar surface area (TPSA) is 60.7 Å². The molecule has 6 nitrogen and oxygen atoms in total. The fourth-order valence-corrected chi connectivity index (χ4v) is 5.12. The number of carbonyl (C=O) groups is 1. The van der Waals surface area contributed by atoms with Crippen LogP contribution in [-0.4, -0.2) is 39.6 Å². The summed E-state index contributed by atoms with van der Waals surface area (Å²) in [5.74, 6) is 0. The Morgan fingerprint density at radius 3 is 2.03 bits per heavy atom. The minimum absolute atomic E-state index is 0.138. The molecule has 6 heteroatoms. The summed E-state index contributed by atoms with van der Waals surface area (Å²) in [6.45, 7) is 8.43. The van der Waals surface area contributed by atoms with Crippen LogP contribution in [0.3, 0.4) is 0 Å². The largest absolute Gasteiger partial charge is 0.453 e. The number of unbranched alkanes of at least 4 members (excludes halogenated alkanes) is 13. The van der Waals surface area contributed by atoms with Gasteiger partial charge in [0.25, 0.3) is 0 Å². The summed E-state index contributed by atoms with van der Waals surface area (Å²) in [6.07, 6.45) is 20.8. The Kier molecular flexibility index (Phi) is 15.8. The van der Waals surface area contributed by atoms with E-state index in [-0.39, 0.29) is 5.41 Å². The molecule has 36 heavy (non-hydrogen) atoms. The highest BCUT2D eigenvalue weighted by molar-refractivity contribution is 5.66. The van der Waals surface area contributed by atoms with Gasteiger partial charge in [-0.15, -0.1) is 0 Å². The van der Waals surface area contributed by atoms with Gasteiger partial charge in [-0.3, -0.25) is 0 Å². The summed E-state index contributed by atoms with van der Waals surface area (Å²) >= 11 is 0. The first-order valence-corrected chi connectivity index (χ1v) is 14.7. The fraction of sp³-hybridized carbons (Fsp3) is 0.800. The molecular weight excluding hydrogens is 452 g/mol. The zero-order valence-corrected chi connectivity index (χ0v) is 23.5. The monoisotopic (exact) mass is 505 g/mol. The van der Waals surface area contributed by atoms with Crippen LogP contribution in [-0.2, 0) is 32.7 Å². The molecule has 1 amide bonds. The van der Waals surface area contributed by atoms with E-state index in [0.717, 1.165) is 25.3 Å². The number of pyridine rings is 1. The summed E-state index contributed by atoms with van der Waals surface area (Å²) in [7, 11) is 1.39. The van der Waals surface area contributed by atoms with Crippen LogP contribution in [0.5, 0.6) is 0 Å². The van der Waals surface area contributed by atoms with Crippen molar-refractivity contribution in [2.45, 2.75) is 122 Å². The van der Waals surface area contributed by atoms with E-state index >= 15 is 0 Å². The molecule has 1 saturated heterocycles. The Bertz CT molecular complexity index is 721. The first-order valence-electron chi connectivity index (χ1n) is 14.7. The van der Waals surface area contributed by atoms with Gasteiger partial charge in [-0.2, -0.15) is 0 Å². The van der Waals surface area contributed by atoms with Crippen molar-refractivity contribution >= 4 is 6.09 Å². The number of hydrogen-bond donors (Lipinski definition) is 1. The SMILES string of the molecule is CCCCCCCCCCCCCCCCOCC1(c2ccc[n+](CC)c2CNC(=O)OC)COC1. The molecule has 1 aliphatic heterocycles. The number of methoxy groups -OCH3 is 1. The lowest BCUT2D eigenvalue weighted by Gasteiger charge is -2.41. The van der Waals surface area contributed by atoms with E-state index in [1.807, 2.05) is 0 Å². The second kappa shape index (κ2) is 18.6. The number of amides is 1. The van der Waals surface area contributed by atoms with Gasteiger partial charge in [-0.25, -0.2) is 9.36 Å². The smallest absolute Gasteiger partial charge is 0.407 e. The van der Waals surface area contributed by atoms with Crippen molar-refractivity contribution in [2.24, 2.45) is 0 Å². The number of nitrogens with zero attached hydrogens (tertiary/aromatic N) is 1. The van der Waals surface area contributed by atoms with Gasteiger partial charge >= 0.3 is 6.09 Å². The predicted molar refractivity (Wildman–Crippen MR) is 145 cm³/mol. The number of aryl methyl sites for hydroxylation is 1. The Labute approximate surface area is 220 Å². The van der Waals surface area contributed by atoms with Crippen LogP contribution >= 0.6 is 0 Å². The van der Waals surface area contributed by atoms with Crippen LogP contribution < -0.4 is 9.88 Å². The van der Waals surface area contributed by atoms with Gasteiger partial charge in [0.2, 0.25) is 5.69 Å². The van der Waals surface area contributed by atoms with Crippen molar-refractivity contribution in [3.63, 3.8) is 0 Å². The van der Waals surface area contributed by atoms with E-state index in [0.29, 0.717) is 26.4 Å². The highest BCUT2D eigenvalue weighted by atomic mass is 16.5. The van der Waals surface area contributed by atoms with Gasteiger partial charge in [-0.1, -0.05) is 90.4 Å². The average Bonchev–Trinajstić information content (AvgIpc) is 2.88. The number of rotatable bonds is 21. The molecule has 2 rings (SSSR count). The molecule has 1 aliphatic rings. The van der Waals surface area contributed by atoms with E-state index < -0.39 is 6.09 Å². The molecule has 0 aromatic carbocycles. The Morgan fingerprint density at radius 1 is 0.944 bits per heavy atom. The summed E-state index contributed by atoms with van der Waals surface area (Å²) in [5, 5.41) is 2.84. The molecule has 0 saturated carbocycles. The van der Waals surface area contributed by atoms with E-state index in [1.54, 1.807) is 0 Å². The van der Waals surface area contributed by atoms with Crippen LogP contribution in [0.1, 0.15) is 115 Å². The van der Waals surface area contributed by atoms with E-state index in [4.69, 9.17) is 14.2 Å². The van der Waals surface area contributed by atoms with Crippen molar-refractivity contribution in [3.8, 4) is 0 Å². The van der Waals surface area contributed by atoms with Crippen molar-refractivity contribution in [2.75, 3.05) is 33.5 Å². The second-order valence-corrected chi connectivity index (χ2v) is 10.4. The fourth-order valence-electron chi connectivity index (χ4n) is 5.12. The molecule has 1 aromatic rings. The van der Waals surface area contributed by atoms with Gasteiger partial charge in [0, 0.05) is 18.2 Å². The minimum atomic E-state index is -0.416. The maximum absolute atomic E-state index is 11.7. The number of nitrogens with one attached hydrogen (secondary N) is 1. The Morgan fingerprint density at radius 2 is 1.53 bits per heavy atom. The van der Waals surface area contributed by atoms with Crippen molar-refractivity contribution in [3.05, 3.63) is 29.6 Å². The van der Waals surface area contributed by atoms with Gasteiger partial charge in [-0.05, 0) is 19.4 Å². The zero-order chi connectivity index (χ0) is 25.9. The van der Waals surface area contributed by atoms with Crippen LogP contribution in [0.2, 0.25) is 0 Å². The first kappa shape index (κ1) is 30.6. The molecule has 0 spiro atoms. The third-order valence-electron chi connectivity index (χ3n) is 7.46. The maximum Gasteiger partial charge on any atom is 0.407 e. The number of alkyl carbamates (subject to hydrolysis) is 1. The number of carbonyl (C=O) groups excluding carboxylic acids is 1. The molecule has 0 radical (unpaired) electrons. The Balaban J connectivity index is 1.61. The maximum atomic E-state index is 11.7. The molecular formula is C30H53N2O4+. The molecule has 206 valence electrons. The normalized spacial score (nSPS) is 14.4. The molecule has 2 heterocycles. The second-order valence-electron chi connectivity index (χ2n) is 10.4. The van der Waals surface area contributed by atoms with E-state index in [9.17, 15) is 4.79 Å². The molecule has 0 unspecified atom stereocenters. The number of hydrogen-bond acceptors (Lipinski definition) is 4. The van der Waals surface area contributed by atoms with Crippen LogP contribution in [0.15, 0.2) is 18.3 Å². The lowest BCUT2D eigenvalue weighted by molar-refractivity contribution is -0.701.